The summed E-state index contributed by atoms with van der Waals surface area (Å²) in [6.45, 7) is -0.108. The molecule has 1 N–H and O–H groups in total. The first-order chi connectivity index (χ1) is 5.16. The van der Waals surface area contributed by atoms with Gasteiger partial charge in [0.25, 0.3) is 0 Å². The predicted octanol–water partition coefficient (Wildman–Crippen LogP) is 0.325. The van der Waals surface area contributed by atoms with Crippen molar-refractivity contribution in [2.24, 2.45) is 0 Å². The number of aliphatic hydroxyl groups excluding tert-OH is 1. The van der Waals surface area contributed by atoms with E-state index in [1.54, 1.807) is 6.07 Å². The molecular formula is C7H6O3S. The first kappa shape index (κ1) is 6.82. The maximum absolute atomic E-state index is 10.9. The molecule has 1 aliphatic heterocycles. The Hall–Kier alpha value is -0.870. The highest BCUT2D eigenvalue weighted by Crippen LogP contribution is 2.40. The van der Waals surface area contributed by atoms with Crippen LogP contribution in [0.1, 0.15) is 5.56 Å². The van der Waals surface area contributed by atoms with Crippen LogP contribution in [-0.4, -0.2) is 13.5 Å². The number of hydrogen-bond donors (Lipinski definition) is 1. The average molecular weight is 170 g/mol. The van der Waals surface area contributed by atoms with Gasteiger partial charge in [0.05, 0.1) is 16.4 Å². The molecule has 1 heterocycles. The zero-order valence-corrected chi connectivity index (χ0v) is 6.43. The Bertz CT molecular complexity index is 406. The number of sulfone groups is 1. The van der Waals surface area contributed by atoms with Crippen molar-refractivity contribution in [1.82, 2.24) is 0 Å². The lowest BCUT2D eigenvalue weighted by atomic mass is 10.2. The Kier molecular flexibility index (Phi) is 1.14. The molecule has 1 aromatic carbocycles. The molecule has 0 radical (unpaired) electrons. The van der Waals surface area contributed by atoms with Crippen molar-refractivity contribution < 1.29 is 13.5 Å². The summed E-state index contributed by atoms with van der Waals surface area (Å²) in [5.41, 5.74) is 0.643. The molecule has 58 valence electrons. The number of aliphatic hydroxyl groups is 1. The lowest BCUT2D eigenvalue weighted by Gasteiger charge is -1.87. The smallest absolute Gasteiger partial charge is 0.209 e. The monoisotopic (exact) mass is 170 g/mol. The summed E-state index contributed by atoms with van der Waals surface area (Å²) in [5, 5.41) is 8.66. The summed E-state index contributed by atoms with van der Waals surface area (Å²) in [7, 11) is -3.02. The van der Waals surface area contributed by atoms with Gasteiger partial charge in [-0.05, 0) is 17.7 Å². The molecule has 1 aliphatic rings. The standard InChI is InChI=1S/C7H6O3S/c8-4-5-1-2-6-7(3-5)11(6,9)10/h1-3,8H,4H2. The Morgan fingerprint density at radius 2 is 2.00 bits per heavy atom. The van der Waals surface area contributed by atoms with Crippen LogP contribution in [0.3, 0.4) is 0 Å². The van der Waals surface area contributed by atoms with Crippen molar-refractivity contribution in [3.63, 3.8) is 0 Å². The molecule has 0 bridgehead atoms. The normalized spacial score (nSPS) is 17.5. The van der Waals surface area contributed by atoms with Crippen LogP contribution >= 0.6 is 0 Å². The third kappa shape index (κ3) is 0.797. The summed E-state index contributed by atoms with van der Waals surface area (Å²) in [6, 6.07) is 4.64. The van der Waals surface area contributed by atoms with Gasteiger partial charge < -0.3 is 5.11 Å². The lowest BCUT2D eigenvalue weighted by Crippen LogP contribution is -1.77. The van der Waals surface area contributed by atoms with Gasteiger partial charge in [-0.15, -0.1) is 0 Å². The Morgan fingerprint density at radius 3 is 2.55 bits per heavy atom. The van der Waals surface area contributed by atoms with Crippen molar-refractivity contribution in [1.29, 1.82) is 0 Å². The summed E-state index contributed by atoms with van der Waals surface area (Å²) < 4.78 is 21.8. The predicted molar refractivity (Wildman–Crippen MR) is 37.8 cm³/mol. The van der Waals surface area contributed by atoms with Crippen LogP contribution in [0.5, 0.6) is 0 Å². The Morgan fingerprint density at radius 1 is 1.27 bits per heavy atom. The molecular weight excluding hydrogens is 164 g/mol. The molecule has 0 saturated heterocycles. The molecule has 2 rings (SSSR count). The quantitative estimate of drug-likeness (QED) is 0.627. The van der Waals surface area contributed by atoms with Gasteiger partial charge in [-0.1, -0.05) is 6.07 Å². The van der Waals surface area contributed by atoms with Crippen molar-refractivity contribution >= 4 is 9.84 Å². The fourth-order valence-electron chi connectivity index (χ4n) is 1.04. The molecule has 11 heavy (non-hydrogen) atoms. The van der Waals surface area contributed by atoms with Gasteiger partial charge in [-0.3, -0.25) is 0 Å². The molecule has 1 aromatic rings. The molecule has 0 spiro atoms. The number of benzene rings is 1. The van der Waals surface area contributed by atoms with E-state index in [1.165, 1.54) is 12.1 Å². The van der Waals surface area contributed by atoms with Crippen molar-refractivity contribution in [2.45, 2.75) is 16.4 Å². The van der Waals surface area contributed by atoms with Gasteiger partial charge in [0.2, 0.25) is 9.84 Å². The molecule has 0 aromatic heterocycles. The topological polar surface area (TPSA) is 54.4 Å². The van der Waals surface area contributed by atoms with E-state index in [1.807, 2.05) is 0 Å². The molecule has 4 heteroatoms. The van der Waals surface area contributed by atoms with Crippen LogP contribution in [-0.2, 0) is 16.4 Å². The number of fused-ring (bicyclic) bond motifs is 1. The lowest BCUT2D eigenvalue weighted by molar-refractivity contribution is 0.281. The van der Waals surface area contributed by atoms with Crippen LogP contribution in [0.4, 0.5) is 0 Å². The van der Waals surface area contributed by atoms with E-state index in [0.717, 1.165) is 0 Å². The molecule has 0 unspecified atom stereocenters. The SMILES string of the molecule is O=S1(=O)c2ccc(CO)cc21. The van der Waals surface area contributed by atoms with Crippen LogP contribution in [0.15, 0.2) is 28.0 Å². The van der Waals surface area contributed by atoms with Gasteiger partial charge in [0.1, 0.15) is 0 Å². The second-order valence-electron chi connectivity index (χ2n) is 2.44. The van der Waals surface area contributed by atoms with Crippen LogP contribution in [0.25, 0.3) is 0 Å². The van der Waals surface area contributed by atoms with Gasteiger partial charge in [-0.25, -0.2) is 8.42 Å². The fourth-order valence-corrected chi connectivity index (χ4v) is 2.37. The van der Waals surface area contributed by atoms with Crippen molar-refractivity contribution in [3.8, 4) is 0 Å². The minimum absolute atomic E-state index is 0.108. The van der Waals surface area contributed by atoms with E-state index in [-0.39, 0.29) is 6.61 Å². The largest absolute Gasteiger partial charge is 0.392 e. The third-order valence-corrected chi connectivity index (χ3v) is 3.38. The Labute approximate surface area is 64.2 Å². The zero-order valence-electron chi connectivity index (χ0n) is 5.61. The summed E-state index contributed by atoms with van der Waals surface area (Å²) in [5.74, 6) is 0. The van der Waals surface area contributed by atoms with E-state index in [2.05, 4.69) is 0 Å². The number of rotatable bonds is 1. The van der Waals surface area contributed by atoms with E-state index >= 15 is 0 Å². The van der Waals surface area contributed by atoms with Crippen LogP contribution < -0.4 is 0 Å². The molecule has 0 amide bonds. The molecule has 0 atom stereocenters. The number of hydrogen-bond acceptors (Lipinski definition) is 3. The summed E-state index contributed by atoms with van der Waals surface area (Å²) in [4.78, 5) is 0.763. The highest BCUT2D eigenvalue weighted by atomic mass is 32.2. The molecule has 0 aliphatic carbocycles. The molecule has 0 saturated carbocycles. The maximum atomic E-state index is 10.9. The summed E-state index contributed by atoms with van der Waals surface area (Å²) >= 11 is 0. The van der Waals surface area contributed by atoms with E-state index in [4.69, 9.17) is 5.11 Å². The van der Waals surface area contributed by atoms with Gasteiger partial charge in [0.15, 0.2) is 0 Å². The van der Waals surface area contributed by atoms with Crippen molar-refractivity contribution in [2.75, 3.05) is 0 Å². The second-order valence-corrected chi connectivity index (χ2v) is 4.33. The fraction of sp³-hybridized carbons (Fsp3) is 0.143. The minimum atomic E-state index is -3.02. The zero-order chi connectivity index (χ0) is 8.06. The summed E-state index contributed by atoms with van der Waals surface area (Å²) in [6.07, 6.45) is 0. The van der Waals surface area contributed by atoms with Crippen molar-refractivity contribution in [3.05, 3.63) is 23.8 Å². The van der Waals surface area contributed by atoms with E-state index < -0.39 is 9.84 Å². The second kappa shape index (κ2) is 1.84. The van der Waals surface area contributed by atoms with Crippen LogP contribution in [0.2, 0.25) is 0 Å². The van der Waals surface area contributed by atoms with E-state index in [9.17, 15) is 8.42 Å². The Balaban J connectivity index is 2.60. The minimum Gasteiger partial charge on any atom is -0.392 e. The third-order valence-electron chi connectivity index (χ3n) is 1.73. The molecule has 3 nitrogen and oxygen atoms in total. The van der Waals surface area contributed by atoms with Gasteiger partial charge >= 0.3 is 0 Å². The first-order valence-corrected chi connectivity index (χ1v) is 4.63. The van der Waals surface area contributed by atoms with Gasteiger partial charge in [0, 0.05) is 0 Å². The van der Waals surface area contributed by atoms with Gasteiger partial charge in [-0.2, -0.15) is 0 Å². The van der Waals surface area contributed by atoms with Crippen LogP contribution in [0, 0.1) is 0 Å². The highest BCUT2D eigenvalue weighted by Gasteiger charge is 2.38. The average Bonchev–Trinajstić information content (AvgIpc) is 2.55. The molecule has 0 fully saturated rings. The maximum Gasteiger partial charge on any atom is 0.209 e. The van der Waals surface area contributed by atoms with E-state index in [0.29, 0.717) is 15.4 Å². The first-order valence-electron chi connectivity index (χ1n) is 3.15. The highest BCUT2D eigenvalue weighted by molar-refractivity contribution is 7.97.